The average Bonchev–Trinajstić information content (AvgIpc) is 2.99. The molecular weight excluding hydrogens is 324 g/mol. The predicted molar refractivity (Wildman–Crippen MR) is 96.0 cm³/mol. The summed E-state index contributed by atoms with van der Waals surface area (Å²) in [6, 6.07) is 4.98. The number of hydrogen-bond acceptors (Lipinski definition) is 6. The van der Waals surface area contributed by atoms with Crippen LogP contribution in [0.4, 0.5) is 5.82 Å². The van der Waals surface area contributed by atoms with Crippen molar-refractivity contribution < 1.29 is 8.42 Å². The number of sulfone groups is 1. The Kier molecular flexibility index (Phi) is 5.01. The third-order valence-electron chi connectivity index (χ3n) is 4.50. The molecule has 2 heterocycles. The Labute approximate surface area is 143 Å². The maximum atomic E-state index is 11.8. The normalized spacial score (nSPS) is 19.0. The molecule has 1 aliphatic rings. The van der Waals surface area contributed by atoms with Crippen LogP contribution in [0, 0.1) is 5.92 Å². The minimum atomic E-state index is -3.25. The molecule has 0 radical (unpaired) electrons. The molecule has 0 saturated carbocycles. The van der Waals surface area contributed by atoms with Gasteiger partial charge >= 0.3 is 0 Å². The first-order valence-corrected chi connectivity index (χ1v) is 10.3. The highest BCUT2D eigenvalue weighted by atomic mass is 32.2. The number of nitrogens with one attached hydrogen (secondary N) is 1. The second kappa shape index (κ2) is 7.03. The van der Waals surface area contributed by atoms with Crippen LogP contribution in [0.2, 0.25) is 0 Å². The molecule has 1 aromatic heterocycles. The van der Waals surface area contributed by atoms with Gasteiger partial charge in [0.15, 0.2) is 9.84 Å². The Morgan fingerprint density at radius 3 is 2.92 bits per heavy atom. The largest absolute Gasteiger partial charge is 0.369 e. The monoisotopic (exact) mass is 348 g/mol. The molecule has 0 spiro atoms. The number of hydrogen-bond donors (Lipinski definition) is 1. The molecule has 1 saturated heterocycles. The molecule has 1 aromatic carbocycles. The van der Waals surface area contributed by atoms with E-state index in [0.29, 0.717) is 16.6 Å². The van der Waals surface area contributed by atoms with E-state index in [1.54, 1.807) is 18.2 Å². The van der Waals surface area contributed by atoms with Gasteiger partial charge in [-0.15, -0.1) is 0 Å². The fourth-order valence-electron chi connectivity index (χ4n) is 3.25. The van der Waals surface area contributed by atoms with Crippen molar-refractivity contribution in [2.45, 2.75) is 24.7 Å². The van der Waals surface area contributed by atoms with Gasteiger partial charge < -0.3 is 10.2 Å². The lowest BCUT2D eigenvalue weighted by atomic mass is 10.1. The Bertz CT molecular complexity index is 822. The van der Waals surface area contributed by atoms with Crippen molar-refractivity contribution in [3.05, 3.63) is 24.5 Å². The Morgan fingerprint density at radius 1 is 1.33 bits per heavy atom. The van der Waals surface area contributed by atoms with Crippen LogP contribution < -0.4 is 5.32 Å². The van der Waals surface area contributed by atoms with Gasteiger partial charge in [0.25, 0.3) is 0 Å². The number of benzene rings is 1. The Hall–Kier alpha value is -1.73. The van der Waals surface area contributed by atoms with E-state index in [1.807, 2.05) is 0 Å². The van der Waals surface area contributed by atoms with Crippen LogP contribution in [0.15, 0.2) is 29.4 Å². The summed E-state index contributed by atoms with van der Waals surface area (Å²) < 4.78 is 23.6. The first-order valence-electron chi connectivity index (χ1n) is 8.38. The lowest BCUT2D eigenvalue weighted by Gasteiger charge is -2.16. The minimum absolute atomic E-state index is 0.294. The van der Waals surface area contributed by atoms with Gasteiger partial charge in [-0.3, -0.25) is 0 Å². The van der Waals surface area contributed by atoms with E-state index >= 15 is 0 Å². The summed E-state index contributed by atoms with van der Waals surface area (Å²) in [5.41, 5.74) is 0.749. The van der Waals surface area contributed by atoms with E-state index in [1.165, 1.54) is 25.4 Å². The number of fused-ring (bicyclic) bond motifs is 1. The number of nitrogens with zero attached hydrogens (tertiary/aromatic N) is 3. The summed E-state index contributed by atoms with van der Waals surface area (Å²) in [7, 11) is -3.25. The topological polar surface area (TPSA) is 75.2 Å². The zero-order chi connectivity index (χ0) is 17.2. The third kappa shape index (κ3) is 3.84. The molecule has 1 aliphatic heterocycles. The fraction of sp³-hybridized carbons (Fsp3) is 0.529. The average molecular weight is 348 g/mol. The molecule has 7 heteroatoms. The van der Waals surface area contributed by atoms with E-state index in [0.717, 1.165) is 37.1 Å². The molecule has 1 fully saturated rings. The summed E-state index contributed by atoms with van der Waals surface area (Å²) in [6.07, 6.45) is 5.10. The lowest BCUT2D eigenvalue weighted by molar-refractivity contribution is 0.327. The highest BCUT2D eigenvalue weighted by molar-refractivity contribution is 7.90. The summed E-state index contributed by atoms with van der Waals surface area (Å²) >= 11 is 0. The second-order valence-corrected chi connectivity index (χ2v) is 8.53. The molecule has 1 unspecified atom stereocenters. The Balaban J connectivity index is 1.77. The molecule has 24 heavy (non-hydrogen) atoms. The van der Waals surface area contributed by atoms with Gasteiger partial charge in [0.2, 0.25) is 0 Å². The molecule has 1 atom stereocenters. The highest BCUT2D eigenvalue weighted by Crippen LogP contribution is 2.24. The van der Waals surface area contributed by atoms with Crippen LogP contribution >= 0.6 is 0 Å². The van der Waals surface area contributed by atoms with Crippen LogP contribution in [-0.4, -0.2) is 55.7 Å². The summed E-state index contributed by atoms with van der Waals surface area (Å²) in [4.78, 5) is 11.3. The van der Waals surface area contributed by atoms with Crippen LogP contribution in [0.5, 0.6) is 0 Å². The number of rotatable bonds is 6. The highest BCUT2D eigenvalue weighted by Gasteiger charge is 2.21. The molecule has 6 nitrogen and oxygen atoms in total. The van der Waals surface area contributed by atoms with Gasteiger partial charge in [0.1, 0.15) is 12.1 Å². The van der Waals surface area contributed by atoms with Gasteiger partial charge in [0, 0.05) is 24.7 Å². The van der Waals surface area contributed by atoms with Crippen molar-refractivity contribution in [3.63, 3.8) is 0 Å². The molecule has 0 aliphatic carbocycles. The maximum absolute atomic E-state index is 11.8. The van der Waals surface area contributed by atoms with Crippen LogP contribution in [-0.2, 0) is 9.84 Å². The van der Waals surface area contributed by atoms with Crippen LogP contribution in [0.1, 0.15) is 19.8 Å². The second-order valence-electron chi connectivity index (χ2n) is 6.51. The predicted octanol–water partition coefficient (Wildman–Crippen LogP) is 2.18. The van der Waals surface area contributed by atoms with Gasteiger partial charge in [0.05, 0.1) is 10.4 Å². The molecule has 1 N–H and O–H groups in total. The first-order chi connectivity index (χ1) is 11.5. The van der Waals surface area contributed by atoms with Crippen molar-refractivity contribution in [3.8, 4) is 0 Å². The number of aromatic nitrogens is 2. The zero-order valence-corrected chi connectivity index (χ0v) is 15.0. The van der Waals surface area contributed by atoms with Gasteiger partial charge in [-0.2, -0.15) is 0 Å². The van der Waals surface area contributed by atoms with Crippen molar-refractivity contribution in [2.75, 3.05) is 37.8 Å². The van der Waals surface area contributed by atoms with E-state index < -0.39 is 9.84 Å². The van der Waals surface area contributed by atoms with Crippen LogP contribution in [0.25, 0.3) is 10.9 Å². The Morgan fingerprint density at radius 2 is 2.17 bits per heavy atom. The summed E-state index contributed by atoms with van der Waals surface area (Å²) in [5, 5.41) is 4.15. The summed E-state index contributed by atoms with van der Waals surface area (Å²) in [5.74, 6) is 1.30. The molecule has 0 amide bonds. The first kappa shape index (κ1) is 17.1. The van der Waals surface area contributed by atoms with Gasteiger partial charge in [-0.05, 0) is 50.0 Å². The number of likely N-dealkylation sites (tertiary alicyclic amines) is 1. The maximum Gasteiger partial charge on any atom is 0.175 e. The van der Waals surface area contributed by atoms with E-state index in [-0.39, 0.29) is 0 Å². The van der Waals surface area contributed by atoms with Gasteiger partial charge in [-0.1, -0.05) is 6.92 Å². The molecule has 130 valence electrons. The molecular formula is C17H24N4O2S. The molecule has 0 bridgehead atoms. The zero-order valence-electron chi connectivity index (χ0n) is 14.2. The van der Waals surface area contributed by atoms with Crippen molar-refractivity contribution in [2.24, 2.45) is 5.92 Å². The lowest BCUT2D eigenvalue weighted by Crippen LogP contribution is -2.23. The number of anilines is 1. The minimum Gasteiger partial charge on any atom is -0.369 e. The third-order valence-corrected chi connectivity index (χ3v) is 5.61. The molecule has 2 aromatic rings. The van der Waals surface area contributed by atoms with Crippen molar-refractivity contribution >= 4 is 26.6 Å². The van der Waals surface area contributed by atoms with Crippen molar-refractivity contribution in [1.29, 1.82) is 0 Å². The smallest absolute Gasteiger partial charge is 0.175 e. The SMILES string of the molecule is CCCN1CCC(CNc2ncnc3ccc(S(C)(=O)=O)cc23)C1. The van der Waals surface area contributed by atoms with Gasteiger partial charge in [-0.25, -0.2) is 18.4 Å². The fourth-order valence-corrected chi connectivity index (χ4v) is 3.89. The quantitative estimate of drug-likeness (QED) is 0.862. The van der Waals surface area contributed by atoms with E-state index in [4.69, 9.17) is 0 Å². The van der Waals surface area contributed by atoms with E-state index in [9.17, 15) is 8.42 Å². The molecule has 3 rings (SSSR count). The van der Waals surface area contributed by atoms with Crippen molar-refractivity contribution in [1.82, 2.24) is 14.9 Å². The van der Waals surface area contributed by atoms with E-state index in [2.05, 4.69) is 27.1 Å². The van der Waals surface area contributed by atoms with Crippen LogP contribution in [0.3, 0.4) is 0 Å². The standard InChI is InChI=1S/C17H24N4O2S/c1-3-7-21-8-6-13(11-21)10-18-17-15-9-14(24(2,22)23)4-5-16(15)19-12-20-17/h4-5,9,12-13H,3,6-8,10-11H2,1-2H3,(H,18,19,20). The summed E-state index contributed by atoms with van der Waals surface area (Å²) in [6.45, 7) is 6.47.